The molecule has 2 atom stereocenters. The maximum Gasteiger partial charge on any atom is 0.308 e. The fourth-order valence-electron chi connectivity index (χ4n) is 3.14. The van der Waals surface area contributed by atoms with Crippen LogP contribution in [0, 0.1) is 5.92 Å². The van der Waals surface area contributed by atoms with Crippen LogP contribution in [0.25, 0.3) is 0 Å². The Morgan fingerprint density at radius 3 is 2.57 bits per heavy atom. The molecule has 2 aromatic rings. The van der Waals surface area contributed by atoms with E-state index in [-0.39, 0.29) is 11.8 Å². The zero-order valence-electron chi connectivity index (χ0n) is 12.7. The quantitative estimate of drug-likeness (QED) is 0.917. The molecule has 4 nitrogen and oxygen atoms in total. The van der Waals surface area contributed by atoms with E-state index in [0.29, 0.717) is 19.5 Å². The van der Waals surface area contributed by atoms with Gasteiger partial charge in [0.25, 0.3) is 0 Å². The lowest BCUT2D eigenvalue weighted by Gasteiger charge is -2.16. The summed E-state index contributed by atoms with van der Waals surface area (Å²) in [6.07, 6.45) is 1.16. The van der Waals surface area contributed by atoms with Gasteiger partial charge in [-0.05, 0) is 23.4 Å². The van der Waals surface area contributed by atoms with E-state index in [9.17, 15) is 14.7 Å². The van der Waals surface area contributed by atoms with Crippen LogP contribution in [-0.2, 0) is 16.0 Å². The highest BCUT2D eigenvalue weighted by Crippen LogP contribution is 2.33. The molecule has 1 aromatic carbocycles. The molecule has 0 aliphatic carbocycles. The molecule has 1 N–H and O–H groups in total. The van der Waals surface area contributed by atoms with E-state index in [1.807, 2.05) is 47.8 Å². The molecule has 1 aliphatic heterocycles. The van der Waals surface area contributed by atoms with Crippen molar-refractivity contribution in [2.75, 3.05) is 13.1 Å². The van der Waals surface area contributed by atoms with Crippen molar-refractivity contribution in [3.8, 4) is 0 Å². The van der Waals surface area contributed by atoms with E-state index >= 15 is 0 Å². The van der Waals surface area contributed by atoms with Gasteiger partial charge in [-0.2, -0.15) is 0 Å². The van der Waals surface area contributed by atoms with Crippen LogP contribution in [0.3, 0.4) is 0 Å². The minimum absolute atomic E-state index is 0.0445. The van der Waals surface area contributed by atoms with E-state index in [4.69, 9.17) is 0 Å². The predicted molar refractivity (Wildman–Crippen MR) is 89.5 cm³/mol. The van der Waals surface area contributed by atoms with Gasteiger partial charge in [-0.3, -0.25) is 9.59 Å². The van der Waals surface area contributed by atoms with Crippen molar-refractivity contribution >= 4 is 23.2 Å². The second kappa shape index (κ2) is 6.96. The van der Waals surface area contributed by atoms with E-state index in [2.05, 4.69) is 0 Å². The normalized spacial score (nSPS) is 20.6. The summed E-state index contributed by atoms with van der Waals surface area (Å²) < 4.78 is 0. The number of aryl methyl sites for hydroxylation is 1. The lowest BCUT2D eigenvalue weighted by molar-refractivity contribution is -0.141. The van der Waals surface area contributed by atoms with Gasteiger partial charge in [-0.15, -0.1) is 11.3 Å². The van der Waals surface area contributed by atoms with Crippen LogP contribution in [0.2, 0.25) is 0 Å². The van der Waals surface area contributed by atoms with Crippen molar-refractivity contribution < 1.29 is 14.7 Å². The smallest absolute Gasteiger partial charge is 0.308 e. The molecule has 120 valence electrons. The molecule has 1 amide bonds. The number of likely N-dealkylation sites (tertiary alicyclic amines) is 1. The first-order valence-electron chi connectivity index (χ1n) is 7.73. The topological polar surface area (TPSA) is 57.6 Å². The second-order valence-electron chi connectivity index (χ2n) is 5.84. The van der Waals surface area contributed by atoms with Crippen LogP contribution in [0.5, 0.6) is 0 Å². The van der Waals surface area contributed by atoms with Gasteiger partial charge in [0, 0.05) is 30.3 Å². The van der Waals surface area contributed by atoms with Gasteiger partial charge in [0.05, 0.1) is 5.92 Å². The number of carbonyl (C=O) groups is 2. The molecule has 0 spiro atoms. The molecular formula is C18H19NO3S. The summed E-state index contributed by atoms with van der Waals surface area (Å²) in [6, 6.07) is 13.6. The highest BCUT2D eigenvalue weighted by atomic mass is 32.1. The van der Waals surface area contributed by atoms with Gasteiger partial charge in [0.1, 0.15) is 0 Å². The molecule has 1 fully saturated rings. The molecule has 23 heavy (non-hydrogen) atoms. The summed E-state index contributed by atoms with van der Waals surface area (Å²) in [5.41, 5.74) is 0.994. The molecule has 5 heteroatoms. The Hall–Kier alpha value is -2.14. The van der Waals surface area contributed by atoms with Gasteiger partial charge in [-0.1, -0.05) is 36.4 Å². The summed E-state index contributed by atoms with van der Waals surface area (Å²) in [5, 5.41) is 11.5. The SMILES string of the molecule is O=C(O)[C@@H]1CN(C(=O)CCc2cccs2)C[C@@H]1c1ccccc1. The molecule has 0 saturated carbocycles. The predicted octanol–water partition coefficient (Wildman–Crippen LogP) is 3.01. The summed E-state index contributed by atoms with van der Waals surface area (Å²) in [4.78, 5) is 26.9. The largest absolute Gasteiger partial charge is 0.481 e. The number of hydrogen-bond acceptors (Lipinski definition) is 3. The number of thiophene rings is 1. The highest BCUT2D eigenvalue weighted by Gasteiger charge is 2.40. The van der Waals surface area contributed by atoms with Crippen LogP contribution in [-0.4, -0.2) is 35.0 Å². The first-order valence-corrected chi connectivity index (χ1v) is 8.61. The number of rotatable bonds is 5. The first kappa shape index (κ1) is 15.7. The van der Waals surface area contributed by atoms with Crippen molar-refractivity contribution in [2.24, 2.45) is 5.92 Å². The van der Waals surface area contributed by atoms with Gasteiger partial charge in [-0.25, -0.2) is 0 Å². The number of benzene rings is 1. The Balaban J connectivity index is 1.67. The molecule has 1 aromatic heterocycles. The molecule has 3 rings (SSSR count). The number of hydrogen-bond donors (Lipinski definition) is 1. The zero-order valence-corrected chi connectivity index (χ0v) is 13.5. The fraction of sp³-hybridized carbons (Fsp3) is 0.333. The third-order valence-electron chi connectivity index (χ3n) is 4.38. The third-order valence-corrected chi connectivity index (χ3v) is 5.32. The Bertz CT molecular complexity index is 669. The van der Waals surface area contributed by atoms with Crippen molar-refractivity contribution in [3.05, 3.63) is 58.3 Å². The monoisotopic (exact) mass is 329 g/mol. The number of carbonyl (C=O) groups excluding carboxylic acids is 1. The minimum atomic E-state index is -0.826. The number of amides is 1. The molecule has 2 heterocycles. The molecule has 0 bridgehead atoms. The van der Waals surface area contributed by atoms with Crippen LogP contribution >= 0.6 is 11.3 Å². The number of carboxylic acid groups (broad SMARTS) is 1. The van der Waals surface area contributed by atoms with E-state index in [1.165, 1.54) is 4.88 Å². The van der Waals surface area contributed by atoms with Crippen LogP contribution < -0.4 is 0 Å². The minimum Gasteiger partial charge on any atom is -0.481 e. The van der Waals surface area contributed by atoms with Gasteiger partial charge < -0.3 is 10.0 Å². The third kappa shape index (κ3) is 3.62. The lowest BCUT2D eigenvalue weighted by Crippen LogP contribution is -2.30. The van der Waals surface area contributed by atoms with Crippen molar-refractivity contribution in [1.29, 1.82) is 0 Å². The van der Waals surface area contributed by atoms with Crippen LogP contribution in [0.1, 0.15) is 22.8 Å². The molecule has 1 saturated heterocycles. The molecule has 0 unspecified atom stereocenters. The van der Waals surface area contributed by atoms with E-state index < -0.39 is 11.9 Å². The summed E-state index contributed by atoms with van der Waals surface area (Å²) in [7, 11) is 0. The average molecular weight is 329 g/mol. The van der Waals surface area contributed by atoms with Crippen molar-refractivity contribution in [1.82, 2.24) is 4.90 Å². The lowest BCUT2D eigenvalue weighted by atomic mass is 9.89. The Kier molecular flexibility index (Phi) is 4.76. The van der Waals surface area contributed by atoms with E-state index in [0.717, 1.165) is 12.0 Å². The Morgan fingerprint density at radius 1 is 1.13 bits per heavy atom. The van der Waals surface area contributed by atoms with Gasteiger partial charge in [0.2, 0.25) is 5.91 Å². The highest BCUT2D eigenvalue weighted by molar-refractivity contribution is 7.09. The molecule has 1 aliphatic rings. The maximum absolute atomic E-state index is 12.4. The standard InChI is InChI=1S/C18H19NO3S/c20-17(9-8-14-7-4-10-23-14)19-11-15(16(12-19)18(21)22)13-5-2-1-3-6-13/h1-7,10,15-16H,8-9,11-12H2,(H,21,22)/t15-,16-/m1/s1. The maximum atomic E-state index is 12.4. The number of nitrogens with zero attached hydrogens (tertiary/aromatic N) is 1. The molecular weight excluding hydrogens is 310 g/mol. The zero-order chi connectivity index (χ0) is 16.2. The van der Waals surface area contributed by atoms with E-state index in [1.54, 1.807) is 16.2 Å². The summed E-state index contributed by atoms with van der Waals surface area (Å²) in [6.45, 7) is 0.794. The summed E-state index contributed by atoms with van der Waals surface area (Å²) in [5.74, 6) is -1.43. The van der Waals surface area contributed by atoms with Crippen molar-refractivity contribution in [3.63, 3.8) is 0 Å². The second-order valence-corrected chi connectivity index (χ2v) is 6.87. The molecule has 0 radical (unpaired) electrons. The summed E-state index contributed by atoms with van der Waals surface area (Å²) >= 11 is 1.65. The van der Waals surface area contributed by atoms with Gasteiger partial charge >= 0.3 is 5.97 Å². The van der Waals surface area contributed by atoms with Crippen LogP contribution in [0.15, 0.2) is 47.8 Å². The average Bonchev–Trinajstić information content (AvgIpc) is 3.23. The number of aliphatic carboxylic acids is 1. The Labute approximate surface area is 139 Å². The fourth-order valence-corrected chi connectivity index (χ4v) is 3.85. The van der Waals surface area contributed by atoms with Crippen molar-refractivity contribution in [2.45, 2.75) is 18.8 Å². The first-order chi connectivity index (χ1) is 11.1. The Morgan fingerprint density at radius 2 is 1.91 bits per heavy atom. The van der Waals surface area contributed by atoms with Gasteiger partial charge in [0.15, 0.2) is 0 Å². The number of carboxylic acids is 1. The van der Waals surface area contributed by atoms with Crippen LogP contribution in [0.4, 0.5) is 0 Å².